The number of halogens is 1. The van der Waals surface area contributed by atoms with Crippen molar-refractivity contribution in [3.8, 4) is 0 Å². The Morgan fingerprint density at radius 1 is 0.806 bits per heavy atom. The lowest BCUT2D eigenvalue weighted by Gasteiger charge is -2.31. The van der Waals surface area contributed by atoms with Crippen LogP contribution >= 0.6 is 11.6 Å². The summed E-state index contributed by atoms with van der Waals surface area (Å²) in [4.78, 5) is 8.64. The molecular weight excluding hydrogens is 412 g/mol. The summed E-state index contributed by atoms with van der Waals surface area (Å²) < 4.78 is 0. The minimum absolute atomic E-state index is 0.00328. The fourth-order valence-corrected chi connectivity index (χ4v) is 4.30. The average molecular weight is 435 g/mol. The Labute approximate surface area is 185 Å². The summed E-state index contributed by atoms with van der Waals surface area (Å²) in [6, 6.07) is 14.4. The van der Waals surface area contributed by atoms with E-state index in [1.165, 1.54) is 11.1 Å². The molecule has 2 atom stereocenters. The number of aliphatic imine (C=N–C) groups is 2. The number of nitrogens with one attached hydrogen (secondary N) is 4. The summed E-state index contributed by atoms with van der Waals surface area (Å²) in [5.74, 6) is 1.37. The molecule has 9 heteroatoms. The predicted octanol–water partition coefficient (Wildman–Crippen LogP) is 1.99. The third kappa shape index (κ3) is 4.11. The van der Waals surface area contributed by atoms with Crippen molar-refractivity contribution in [1.82, 2.24) is 21.5 Å². The maximum Gasteiger partial charge on any atom is 0.212 e. The lowest BCUT2D eigenvalue weighted by Crippen LogP contribution is -2.31. The van der Waals surface area contributed by atoms with Gasteiger partial charge in [0.15, 0.2) is 0 Å². The van der Waals surface area contributed by atoms with Gasteiger partial charge in [0.2, 0.25) is 11.9 Å². The van der Waals surface area contributed by atoms with Crippen LogP contribution in [-0.2, 0) is 0 Å². The molecule has 0 bridgehead atoms. The van der Waals surface area contributed by atoms with Crippen molar-refractivity contribution in [3.05, 3.63) is 69.7 Å². The van der Waals surface area contributed by atoms with E-state index in [2.05, 4.69) is 72.0 Å². The molecule has 2 aromatic rings. The van der Waals surface area contributed by atoms with Gasteiger partial charge in [-0.25, -0.2) is 20.8 Å². The average Bonchev–Trinajstić information content (AvgIpc) is 3.49. The number of nitrogens with zero attached hydrogens (tertiary/aromatic N) is 4. The molecule has 1 aliphatic carbocycles. The highest BCUT2D eigenvalue weighted by molar-refractivity contribution is 6.30. The Morgan fingerprint density at radius 2 is 1.35 bits per heavy atom. The third-order valence-corrected chi connectivity index (χ3v) is 5.76. The molecule has 5 rings (SSSR count). The van der Waals surface area contributed by atoms with Crippen LogP contribution in [0.25, 0.3) is 0 Å². The smallest absolute Gasteiger partial charge is 0.212 e. The molecule has 158 valence electrons. The van der Waals surface area contributed by atoms with Crippen molar-refractivity contribution in [3.63, 3.8) is 0 Å². The van der Waals surface area contributed by atoms with Crippen molar-refractivity contribution in [2.45, 2.75) is 11.8 Å². The van der Waals surface area contributed by atoms with Gasteiger partial charge in [-0.3, -0.25) is 0 Å². The number of hydrogen-bond acceptors (Lipinski definition) is 8. The molecule has 0 fully saturated rings. The molecule has 0 radical (unpaired) electrons. The van der Waals surface area contributed by atoms with Gasteiger partial charge in [0.1, 0.15) is 0 Å². The van der Waals surface area contributed by atoms with E-state index >= 15 is 0 Å². The van der Waals surface area contributed by atoms with Crippen LogP contribution in [0, 0.1) is 0 Å². The molecule has 3 aliphatic rings. The van der Waals surface area contributed by atoms with Crippen LogP contribution in [0.3, 0.4) is 0 Å². The highest BCUT2D eigenvalue weighted by atomic mass is 35.5. The van der Waals surface area contributed by atoms with Gasteiger partial charge in [-0.15, -0.1) is 0 Å². The van der Waals surface area contributed by atoms with Crippen LogP contribution in [0.4, 0.5) is 0 Å². The van der Waals surface area contributed by atoms with Gasteiger partial charge in [0.05, 0.1) is 13.1 Å². The lowest BCUT2D eigenvalue weighted by molar-refractivity contribution is 0.882. The second-order valence-corrected chi connectivity index (χ2v) is 7.89. The first-order valence-corrected chi connectivity index (χ1v) is 10.7. The fraction of sp³-hybridized carbons (Fsp3) is 0.273. The van der Waals surface area contributed by atoms with E-state index in [-0.39, 0.29) is 11.8 Å². The molecular formula is C22H23ClN8. The van der Waals surface area contributed by atoms with E-state index in [1.54, 1.807) is 0 Å². The highest BCUT2D eigenvalue weighted by Gasteiger charge is 2.31. The molecule has 2 aliphatic heterocycles. The van der Waals surface area contributed by atoms with Crippen LogP contribution in [0.1, 0.15) is 34.1 Å². The number of fused-ring (bicyclic) bond motifs is 2. The van der Waals surface area contributed by atoms with Gasteiger partial charge >= 0.3 is 0 Å². The molecule has 31 heavy (non-hydrogen) atoms. The Hall–Kier alpha value is -3.39. The van der Waals surface area contributed by atoms with Gasteiger partial charge in [-0.05, 0) is 34.4 Å². The molecule has 2 heterocycles. The van der Waals surface area contributed by atoms with Gasteiger partial charge < -0.3 is 10.6 Å². The molecule has 0 amide bonds. The zero-order valence-electron chi connectivity index (χ0n) is 16.8. The summed E-state index contributed by atoms with van der Waals surface area (Å²) in [5, 5.41) is 15.9. The maximum absolute atomic E-state index is 6.39. The van der Waals surface area contributed by atoms with E-state index in [0.717, 1.165) is 37.3 Å². The fourth-order valence-electron chi connectivity index (χ4n) is 4.12. The van der Waals surface area contributed by atoms with Crippen LogP contribution in [0.15, 0.2) is 62.7 Å². The summed E-state index contributed by atoms with van der Waals surface area (Å²) >= 11 is 6.39. The zero-order valence-corrected chi connectivity index (χ0v) is 17.6. The van der Waals surface area contributed by atoms with E-state index in [1.807, 2.05) is 24.6 Å². The Balaban J connectivity index is 1.49. The third-order valence-electron chi connectivity index (χ3n) is 5.52. The van der Waals surface area contributed by atoms with Gasteiger partial charge in [-0.1, -0.05) is 41.9 Å². The van der Waals surface area contributed by atoms with E-state index < -0.39 is 0 Å². The molecule has 4 N–H and O–H groups in total. The molecule has 0 spiro atoms. The molecule has 2 aromatic carbocycles. The standard InChI is InChI=1S/C22H23ClN8/c23-14-5-6-17-18(11-14)20(13-29-31-22-26-9-10-27-22)16-4-2-1-3-15(16)19(17)12-28-30-21-24-7-8-25-21/h1-6,11-13,19-20H,7-10H2,(H2,24,25,30)(H2,26,27,31)/b28-12+,29-13+. The first-order valence-electron chi connectivity index (χ1n) is 10.3. The molecule has 0 saturated heterocycles. The summed E-state index contributed by atoms with van der Waals surface area (Å²) in [7, 11) is 0. The van der Waals surface area contributed by atoms with Crippen molar-refractivity contribution >= 4 is 35.9 Å². The minimum atomic E-state index is -0.0297. The normalized spacial score (nSPS) is 21.8. The van der Waals surface area contributed by atoms with Crippen LogP contribution in [-0.4, -0.2) is 50.5 Å². The van der Waals surface area contributed by atoms with Gasteiger partial charge in [0, 0.05) is 42.4 Å². The van der Waals surface area contributed by atoms with Crippen LogP contribution in [0.5, 0.6) is 0 Å². The first kappa shape index (κ1) is 19.6. The maximum atomic E-state index is 6.39. The van der Waals surface area contributed by atoms with Crippen molar-refractivity contribution in [1.29, 1.82) is 0 Å². The van der Waals surface area contributed by atoms with Crippen LogP contribution in [0.2, 0.25) is 5.02 Å². The Bertz CT molecular complexity index is 1090. The first-order chi connectivity index (χ1) is 15.3. The number of rotatable bonds is 4. The van der Waals surface area contributed by atoms with Crippen molar-refractivity contribution < 1.29 is 0 Å². The van der Waals surface area contributed by atoms with E-state index in [0.29, 0.717) is 16.9 Å². The van der Waals surface area contributed by atoms with Gasteiger partial charge in [0.25, 0.3) is 0 Å². The molecule has 2 unspecified atom stereocenters. The Kier molecular flexibility index (Phi) is 5.54. The minimum Gasteiger partial charge on any atom is -0.353 e. The topological polar surface area (TPSA) is 97.6 Å². The number of benzene rings is 2. The van der Waals surface area contributed by atoms with Gasteiger partial charge in [-0.2, -0.15) is 10.2 Å². The predicted molar refractivity (Wildman–Crippen MR) is 125 cm³/mol. The zero-order chi connectivity index (χ0) is 21.0. The highest BCUT2D eigenvalue weighted by Crippen LogP contribution is 2.42. The molecule has 8 nitrogen and oxygen atoms in total. The largest absolute Gasteiger partial charge is 0.353 e. The van der Waals surface area contributed by atoms with E-state index in [9.17, 15) is 0 Å². The quantitative estimate of drug-likeness (QED) is 0.437. The number of hydrazone groups is 2. The van der Waals surface area contributed by atoms with Crippen molar-refractivity contribution in [2.24, 2.45) is 20.2 Å². The van der Waals surface area contributed by atoms with E-state index in [4.69, 9.17) is 11.6 Å². The molecule has 0 aromatic heterocycles. The van der Waals surface area contributed by atoms with Crippen LogP contribution < -0.4 is 21.5 Å². The lowest BCUT2D eigenvalue weighted by atomic mass is 9.73. The SMILES string of the molecule is Clc1ccc2c(c1)C(/C=N/NC1=NCCN1)c1ccccc1C2/C=N/NC1=NCCN1. The number of hydrogen-bond donors (Lipinski definition) is 4. The summed E-state index contributed by atoms with van der Waals surface area (Å²) in [6.07, 6.45) is 3.84. The van der Waals surface area contributed by atoms with Crippen molar-refractivity contribution in [2.75, 3.05) is 26.2 Å². The summed E-state index contributed by atoms with van der Waals surface area (Å²) in [5.41, 5.74) is 10.6. The molecule has 0 saturated carbocycles. The number of guanidine groups is 2. The second-order valence-electron chi connectivity index (χ2n) is 7.45. The Morgan fingerprint density at radius 3 is 1.90 bits per heavy atom. The second kappa shape index (κ2) is 8.77. The monoisotopic (exact) mass is 434 g/mol. The summed E-state index contributed by atoms with van der Waals surface area (Å²) in [6.45, 7) is 3.20.